The first-order valence-corrected chi connectivity index (χ1v) is 7.06. The first-order valence-electron chi connectivity index (χ1n) is 6.27. The van der Waals surface area contributed by atoms with Crippen LogP contribution >= 0.6 is 15.9 Å². The molecule has 2 rings (SSSR count). The van der Waals surface area contributed by atoms with Gasteiger partial charge in [-0.3, -0.25) is 4.79 Å². The largest absolute Gasteiger partial charge is 0.481 e. The number of hydrogen-bond acceptors (Lipinski definition) is 1. The van der Waals surface area contributed by atoms with Gasteiger partial charge in [-0.2, -0.15) is 0 Å². The monoisotopic (exact) mass is 336 g/mol. The van der Waals surface area contributed by atoms with Gasteiger partial charge < -0.3 is 5.11 Å². The zero-order valence-corrected chi connectivity index (χ0v) is 12.3. The minimum atomic E-state index is -0.906. The number of hydrogen-bond donors (Lipinski definition) is 1. The van der Waals surface area contributed by atoms with Crippen molar-refractivity contribution in [3.63, 3.8) is 0 Å². The van der Waals surface area contributed by atoms with E-state index in [1.807, 2.05) is 24.3 Å². The number of halogens is 2. The summed E-state index contributed by atoms with van der Waals surface area (Å²) in [6.07, 6.45) is 0.578. The number of rotatable bonds is 5. The first kappa shape index (κ1) is 14.7. The van der Waals surface area contributed by atoms with Gasteiger partial charge in [-0.1, -0.05) is 46.3 Å². The quantitative estimate of drug-likeness (QED) is 0.893. The molecule has 1 unspecified atom stereocenters. The van der Waals surface area contributed by atoms with Crippen LogP contribution in [0.4, 0.5) is 4.39 Å². The van der Waals surface area contributed by atoms with E-state index in [0.29, 0.717) is 12.0 Å². The Morgan fingerprint density at radius 1 is 1.10 bits per heavy atom. The van der Waals surface area contributed by atoms with Crippen LogP contribution in [0.1, 0.15) is 11.1 Å². The molecule has 0 saturated heterocycles. The molecular weight excluding hydrogens is 323 g/mol. The molecule has 0 heterocycles. The molecule has 2 aromatic carbocycles. The van der Waals surface area contributed by atoms with Crippen molar-refractivity contribution in [2.75, 3.05) is 0 Å². The summed E-state index contributed by atoms with van der Waals surface area (Å²) in [5.74, 6) is -1.89. The molecular formula is C16H14BrFO2. The van der Waals surface area contributed by atoms with Crippen LogP contribution in [0.5, 0.6) is 0 Å². The van der Waals surface area contributed by atoms with Gasteiger partial charge >= 0.3 is 5.97 Å². The molecule has 104 valence electrons. The summed E-state index contributed by atoms with van der Waals surface area (Å²) < 4.78 is 14.6. The maximum absolute atomic E-state index is 13.6. The summed E-state index contributed by atoms with van der Waals surface area (Å²) in [6.45, 7) is 0. The van der Waals surface area contributed by atoms with Gasteiger partial charge in [0.15, 0.2) is 0 Å². The van der Waals surface area contributed by atoms with Crippen LogP contribution in [-0.2, 0) is 17.6 Å². The summed E-state index contributed by atoms with van der Waals surface area (Å²) in [7, 11) is 0. The van der Waals surface area contributed by atoms with Crippen LogP contribution in [0.3, 0.4) is 0 Å². The van der Waals surface area contributed by atoms with Crippen LogP contribution in [0, 0.1) is 11.7 Å². The molecule has 0 aliphatic carbocycles. The summed E-state index contributed by atoms with van der Waals surface area (Å²) in [5.41, 5.74) is 1.37. The average molecular weight is 337 g/mol. The van der Waals surface area contributed by atoms with E-state index in [2.05, 4.69) is 15.9 Å². The minimum absolute atomic E-state index is 0.193. The molecule has 0 saturated carbocycles. The van der Waals surface area contributed by atoms with Gasteiger partial charge in [0.25, 0.3) is 0 Å². The smallest absolute Gasteiger partial charge is 0.307 e. The molecule has 0 fully saturated rings. The van der Waals surface area contributed by atoms with Crippen molar-refractivity contribution in [1.29, 1.82) is 0 Å². The molecule has 0 aromatic heterocycles. The van der Waals surface area contributed by atoms with Crippen molar-refractivity contribution in [3.05, 3.63) is 69.9 Å². The Morgan fingerprint density at radius 2 is 1.75 bits per heavy atom. The van der Waals surface area contributed by atoms with E-state index >= 15 is 0 Å². The highest BCUT2D eigenvalue weighted by Gasteiger charge is 2.20. The third kappa shape index (κ3) is 3.90. The summed E-state index contributed by atoms with van der Waals surface area (Å²) in [4.78, 5) is 11.4. The maximum Gasteiger partial charge on any atom is 0.307 e. The molecule has 2 nitrogen and oxygen atoms in total. The van der Waals surface area contributed by atoms with Crippen molar-refractivity contribution < 1.29 is 14.3 Å². The topological polar surface area (TPSA) is 37.3 Å². The number of benzene rings is 2. The number of aliphatic carboxylic acids is 1. The van der Waals surface area contributed by atoms with Gasteiger partial charge in [0.2, 0.25) is 0 Å². The van der Waals surface area contributed by atoms with Crippen molar-refractivity contribution >= 4 is 21.9 Å². The standard InChI is InChI=1S/C16H14BrFO2/c17-14-7-5-11(6-8-14)9-13(16(19)20)10-12-3-1-2-4-15(12)18/h1-8,13H,9-10H2,(H,19,20). The normalized spacial score (nSPS) is 12.1. The molecule has 1 N–H and O–H groups in total. The molecule has 4 heteroatoms. The van der Waals surface area contributed by atoms with E-state index in [4.69, 9.17) is 0 Å². The Kier molecular flexibility index (Phi) is 4.90. The fourth-order valence-corrected chi connectivity index (χ4v) is 2.35. The third-order valence-electron chi connectivity index (χ3n) is 3.17. The minimum Gasteiger partial charge on any atom is -0.481 e. The maximum atomic E-state index is 13.6. The lowest BCUT2D eigenvalue weighted by Crippen LogP contribution is -2.19. The Bertz CT molecular complexity index is 596. The first-order chi connectivity index (χ1) is 9.56. The Balaban J connectivity index is 2.14. The molecule has 0 radical (unpaired) electrons. The zero-order chi connectivity index (χ0) is 14.5. The van der Waals surface area contributed by atoms with Crippen molar-refractivity contribution in [2.45, 2.75) is 12.8 Å². The molecule has 0 amide bonds. The van der Waals surface area contributed by atoms with Crippen molar-refractivity contribution in [3.8, 4) is 0 Å². The Hall–Kier alpha value is -1.68. The summed E-state index contributed by atoms with van der Waals surface area (Å²) in [6, 6.07) is 13.8. The average Bonchev–Trinajstić information content (AvgIpc) is 2.42. The van der Waals surface area contributed by atoms with Gasteiger partial charge in [0, 0.05) is 4.47 Å². The Morgan fingerprint density at radius 3 is 2.35 bits per heavy atom. The predicted octanol–water partition coefficient (Wildman–Crippen LogP) is 4.07. The van der Waals surface area contributed by atoms with E-state index in [0.717, 1.165) is 10.0 Å². The summed E-state index contributed by atoms with van der Waals surface area (Å²) in [5, 5.41) is 9.31. The van der Waals surface area contributed by atoms with Crippen LogP contribution < -0.4 is 0 Å². The second kappa shape index (κ2) is 6.66. The highest BCUT2D eigenvalue weighted by molar-refractivity contribution is 9.10. The van der Waals surface area contributed by atoms with Gasteiger partial charge in [-0.05, 0) is 42.2 Å². The Labute approximate surface area is 125 Å². The van der Waals surface area contributed by atoms with Gasteiger partial charge in [0.05, 0.1) is 5.92 Å². The molecule has 0 aliphatic rings. The third-order valence-corrected chi connectivity index (χ3v) is 3.70. The second-order valence-electron chi connectivity index (χ2n) is 4.66. The van der Waals surface area contributed by atoms with E-state index in [1.54, 1.807) is 18.2 Å². The van der Waals surface area contributed by atoms with E-state index in [-0.39, 0.29) is 12.2 Å². The van der Waals surface area contributed by atoms with Crippen molar-refractivity contribution in [1.82, 2.24) is 0 Å². The lowest BCUT2D eigenvalue weighted by molar-refractivity contribution is -0.141. The lowest BCUT2D eigenvalue weighted by atomic mass is 9.92. The SMILES string of the molecule is O=C(O)C(Cc1ccc(Br)cc1)Cc1ccccc1F. The number of carboxylic acid groups (broad SMARTS) is 1. The molecule has 1 atom stereocenters. The molecule has 20 heavy (non-hydrogen) atoms. The molecule has 0 spiro atoms. The molecule has 0 bridgehead atoms. The van der Waals surface area contributed by atoms with Gasteiger partial charge in [-0.25, -0.2) is 4.39 Å². The van der Waals surface area contributed by atoms with Crippen LogP contribution in [-0.4, -0.2) is 11.1 Å². The van der Waals surface area contributed by atoms with Crippen LogP contribution in [0.25, 0.3) is 0 Å². The fraction of sp³-hybridized carbons (Fsp3) is 0.188. The molecule has 0 aliphatic heterocycles. The highest BCUT2D eigenvalue weighted by Crippen LogP contribution is 2.19. The number of carbonyl (C=O) groups is 1. The van der Waals surface area contributed by atoms with E-state index < -0.39 is 11.9 Å². The van der Waals surface area contributed by atoms with Gasteiger partial charge in [0.1, 0.15) is 5.82 Å². The van der Waals surface area contributed by atoms with Crippen molar-refractivity contribution in [2.24, 2.45) is 5.92 Å². The van der Waals surface area contributed by atoms with E-state index in [9.17, 15) is 14.3 Å². The van der Waals surface area contributed by atoms with Gasteiger partial charge in [-0.15, -0.1) is 0 Å². The second-order valence-corrected chi connectivity index (χ2v) is 5.58. The lowest BCUT2D eigenvalue weighted by Gasteiger charge is -2.13. The fourth-order valence-electron chi connectivity index (χ4n) is 2.08. The zero-order valence-electron chi connectivity index (χ0n) is 10.7. The van der Waals surface area contributed by atoms with Crippen LogP contribution in [0.15, 0.2) is 53.0 Å². The molecule has 2 aromatic rings. The van der Waals surface area contributed by atoms with Crippen LogP contribution in [0.2, 0.25) is 0 Å². The summed E-state index contributed by atoms with van der Waals surface area (Å²) >= 11 is 3.34. The highest BCUT2D eigenvalue weighted by atomic mass is 79.9. The predicted molar refractivity (Wildman–Crippen MR) is 79.1 cm³/mol. The number of carboxylic acids is 1. The van der Waals surface area contributed by atoms with E-state index in [1.165, 1.54) is 6.07 Å².